The Bertz CT molecular complexity index is 653. The van der Waals surface area contributed by atoms with Gasteiger partial charge in [0.05, 0.1) is 0 Å². The summed E-state index contributed by atoms with van der Waals surface area (Å²) in [5, 5.41) is 11.0. The first-order chi connectivity index (χ1) is 13.5. The quantitative estimate of drug-likeness (QED) is 0.263. The van der Waals surface area contributed by atoms with Crippen molar-refractivity contribution in [3.8, 4) is 0 Å². The van der Waals surface area contributed by atoms with Gasteiger partial charge in [-0.05, 0) is 47.0 Å². The zero-order chi connectivity index (χ0) is 25.1. The molecule has 0 aliphatic carbocycles. The third-order valence-corrected chi connectivity index (χ3v) is 5.68. The molecular weight excluding hydrogens is 668 g/mol. The smallest absolute Gasteiger partial charge is 0.248 e. The Kier molecular flexibility index (Phi) is 10.7. The van der Waals surface area contributed by atoms with E-state index in [1.807, 2.05) is 13.8 Å². The number of amides is 4. The minimum absolute atomic E-state index is 0.263. The Morgan fingerprint density at radius 3 is 1.03 bits per heavy atom. The molecule has 0 atom stereocenters. The molecule has 0 aliphatic heterocycles. The Morgan fingerprint density at radius 1 is 0.548 bits per heavy atom. The average Bonchev–Trinajstić information content (AvgIpc) is 2.55. The van der Waals surface area contributed by atoms with E-state index in [0.717, 1.165) is 0 Å². The average molecular weight is 700 g/mol. The van der Waals surface area contributed by atoms with E-state index in [9.17, 15) is 19.2 Å². The maximum Gasteiger partial charge on any atom is 0.248 e. The molecule has 31 heavy (non-hydrogen) atoms. The molecule has 180 valence electrons. The van der Waals surface area contributed by atoms with Crippen molar-refractivity contribution in [2.45, 2.75) is 72.9 Å². The van der Waals surface area contributed by atoms with Crippen molar-refractivity contribution in [1.29, 1.82) is 0 Å². The lowest BCUT2D eigenvalue weighted by Gasteiger charge is -2.32. The number of hydrogen-bond donors (Lipinski definition) is 4. The molecule has 0 aromatic rings. The van der Waals surface area contributed by atoms with Crippen LogP contribution in [-0.4, -0.2) is 54.3 Å². The molecular formula is C19H32Br4N4O4. The minimum atomic E-state index is -1.14. The van der Waals surface area contributed by atoms with Gasteiger partial charge in [0.1, 0.15) is 11.1 Å². The Balaban J connectivity index is 4.84. The molecule has 0 aliphatic rings. The minimum Gasteiger partial charge on any atom is -0.353 e. The van der Waals surface area contributed by atoms with E-state index in [-0.39, 0.29) is 36.7 Å². The summed E-state index contributed by atoms with van der Waals surface area (Å²) in [5.74, 6) is -1.48. The van der Waals surface area contributed by atoms with Crippen LogP contribution in [0.1, 0.15) is 55.4 Å². The van der Waals surface area contributed by atoms with Crippen LogP contribution in [0.3, 0.4) is 0 Å². The molecule has 0 saturated heterocycles. The van der Waals surface area contributed by atoms with Crippen LogP contribution in [0.2, 0.25) is 0 Å². The van der Waals surface area contributed by atoms with Crippen LogP contribution in [0.15, 0.2) is 0 Å². The Morgan fingerprint density at radius 2 is 0.806 bits per heavy atom. The molecule has 12 heteroatoms. The second-order valence-corrected chi connectivity index (χ2v) is 17.9. The number of carbonyl (C=O) groups is 4. The summed E-state index contributed by atoms with van der Waals surface area (Å²) in [6, 6.07) is 0. The van der Waals surface area contributed by atoms with Crippen molar-refractivity contribution in [2.75, 3.05) is 13.1 Å². The van der Waals surface area contributed by atoms with Crippen molar-refractivity contribution in [2.24, 2.45) is 5.41 Å². The zero-order valence-corrected chi connectivity index (χ0v) is 25.4. The fourth-order valence-corrected chi connectivity index (χ4v) is 2.44. The molecule has 0 heterocycles. The second kappa shape index (κ2) is 10.8. The van der Waals surface area contributed by atoms with Crippen LogP contribution >= 0.6 is 63.7 Å². The summed E-state index contributed by atoms with van der Waals surface area (Å²) in [6.45, 7) is 13.9. The lowest BCUT2D eigenvalue weighted by molar-refractivity contribution is -0.133. The van der Waals surface area contributed by atoms with Crippen molar-refractivity contribution in [3.05, 3.63) is 0 Å². The highest BCUT2D eigenvalue weighted by Gasteiger charge is 2.37. The van der Waals surface area contributed by atoms with E-state index in [4.69, 9.17) is 0 Å². The van der Waals surface area contributed by atoms with E-state index in [1.54, 1.807) is 41.5 Å². The number of halogens is 4. The van der Waals surface area contributed by atoms with Crippen LogP contribution in [0.5, 0.6) is 0 Å². The molecule has 0 spiro atoms. The molecule has 0 unspecified atom stereocenters. The van der Waals surface area contributed by atoms with Crippen molar-refractivity contribution in [3.63, 3.8) is 0 Å². The van der Waals surface area contributed by atoms with Gasteiger partial charge in [0, 0.05) is 13.1 Å². The van der Waals surface area contributed by atoms with Crippen LogP contribution < -0.4 is 21.3 Å². The van der Waals surface area contributed by atoms with Crippen molar-refractivity contribution in [1.82, 2.24) is 21.3 Å². The second-order valence-electron chi connectivity index (χ2n) is 9.46. The highest BCUT2D eigenvalue weighted by atomic mass is 79.9. The molecule has 4 N–H and O–H groups in total. The third-order valence-electron chi connectivity index (χ3n) is 4.24. The van der Waals surface area contributed by atoms with Crippen molar-refractivity contribution >= 4 is 87.3 Å². The van der Waals surface area contributed by atoms with Gasteiger partial charge in [-0.2, -0.15) is 0 Å². The highest BCUT2D eigenvalue weighted by Crippen LogP contribution is 2.27. The Labute approximate surface area is 218 Å². The normalized spacial score (nSPS) is 13.3. The van der Waals surface area contributed by atoms with Gasteiger partial charge in [0.2, 0.25) is 23.6 Å². The van der Waals surface area contributed by atoms with Crippen LogP contribution in [0.4, 0.5) is 0 Å². The predicted octanol–water partition coefficient (Wildman–Crippen LogP) is 3.05. The van der Waals surface area contributed by atoms with E-state index < -0.39 is 23.0 Å². The van der Waals surface area contributed by atoms with Gasteiger partial charge >= 0.3 is 0 Å². The summed E-state index contributed by atoms with van der Waals surface area (Å²) in [4.78, 5) is 49.4. The number of hydrogen-bond acceptors (Lipinski definition) is 4. The Hall–Kier alpha value is -0.200. The van der Waals surface area contributed by atoms with Gasteiger partial charge in [-0.3, -0.25) is 19.2 Å². The predicted molar refractivity (Wildman–Crippen MR) is 137 cm³/mol. The number of carbonyl (C=O) groups excluding carboxylic acids is 4. The maximum absolute atomic E-state index is 12.6. The van der Waals surface area contributed by atoms with Gasteiger partial charge in [-0.25, -0.2) is 0 Å². The van der Waals surface area contributed by atoms with Gasteiger partial charge in [0.15, 0.2) is 6.47 Å². The molecule has 8 nitrogen and oxygen atoms in total. The van der Waals surface area contributed by atoms with Gasteiger partial charge < -0.3 is 21.3 Å². The fourth-order valence-electron chi connectivity index (χ4n) is 2.04. The van der Waals surface area contributed by atoms with Gasteiger partial charge in [0.25, 0.3) is 0 Å². The van der Waals surface area contributed by atoms with E-state index >= 15 is 0 Å². The molecule has 0 radical (unpaired) electrons. The maximum atomic E-state index is 12.6. The van der Waals surface area contributed by atoms with Crippen LogP contribution in [0, 0.1) is 5.41 Å². The molecule has 0 saturated carbocycles. The monoisotopic (exact) mass is 696 g/mol. The highest BCUT2D eigenvalue weighted by molar-refractivity contribution is 9.26. The van der Waals surface area contributed by atoms with E-state index in [2.05, 4.69) is 85.0 Å². The first-order valence-electron chi connectivity index (χ1n) is 9.49. The summed E-state index contributed by atoms with van der Waals surface area (Å²) < 4.78 is -1.96. The van der Waals surface area contributed by atoms with Crippen molar-refractivity contribution < 1.29 is 19.2 Å². The molecule has 0 aromatic heterocycles. The largest absolute Gasteiger partial charge is 0.353 e. The summed E-state index contributed by atoms with van der Waals surface area (Å²) in [6.07, 6.45) is 0. The summed E-state index contributed by atoms with van der Waals surface area (Å²) in [7, 11) is 0. The SMILES string of the molecule is CC(C)(CNC(=O)C(C)(C)NC(=O)C(C)(Br)Br)CNC(=O)C(C)(C)NC(=O)C(C)(Br)Br. The summed E-state index contributed by atoms with van der Waals surface area (Å²) in [5.41, 5.74) is -2.75. The molecule has 4 amide bonds. The standard InChI is InChI=1S/C19H32Br4N4O4/c1-15(2,9-24-11(28)16(3,4)26-13(30)18(7,20)21)10-25-12(29)17(5,6)27-14(31)19(8,22)23/h9-10H2,1-8H3,(H,24,28)(H,25,29)(H,26,30)(H,27,31). The number of rotatable bonds is 10. The number of nitrogens with one attached hydrogen (secondary N) is 4. The zero-order valence-electron chi connectivity index (χ0n) is 19.1. The molecule has 0 fully saturated rings. The summed E-state index contributed by atoms with van der Waals surface area (Å²) >= 11 is 12.8. The first kappa shape index (κ1) is 30.8. The molecule has 0 aromatic carbocycles. The third kappa shape index (κ3) is 11.0. The van der Waals surface area contributed by atoms with Gasteiger partial charge in [-0.1, -0.05) is 77.6 Å². The van der Waals surface area contributed by atoms with Crippen LogP contribution in [-0.2, 0) is 19.2 Å². The van der Waals surface area contributed by atoms with E-state index in [0.29, 0.717) is 0 Å². The molecule has 0 bridgehead atoms. The molecule has 0 rings (SSSR count). The first-order valence-corrected chi connectivity index (χ1v) is 12.7. The van der Waals surface area contributed by atoms with Crippen LogP contribution in [0.25, 0.3) is 0 Å². The van der Waals surface area contributed by atoms with E-state index in [1.165, 1.54) is 0 Å². The number of alkyl halides is 4. The topological polar surface area (TPSA) is 116 Å². The lowest BCUT2D eigenvalue weighted by atomic mass is 9.92. The fraction of sp³-hybridized carbons (Fsp3) is 0.789. The van der Waals surface area contributed by atoms with Gasteiger partial charge in [-0.15, -0.1) is 0 Å². The lowest BCUT2D eigenvalue weighted by Crippen LogP contribution is -2.59.